The number of rotatable bonds is 8. The Balaban J connectivity index is 1.60. The largest absolute Gasteiger partial charge is 0.490 e. The van der Waals surface area contributed by atoms with Gasteiger partial charge in [0.05, 0.1) is 35.3 Å². The zero-order chi connectivity index (χ0) is 34.8. The number of benzene rings is 2. The summed E-state index contributed by atoms with van der Waals surface area (Å²) in [6.45, 7) is 5.76. The summed E-state index contributed by atoms with van der Waals surface area (Å²) in [5, 5.41) is 16.1. The lowest BCUT2D eigenvalue weighted by Crippen LogP contribution is -2.48. The highest BCUT2D eigenvalue weighted by Gasteiger charge is 2.32. The van der Waals surface area contributed by atoms with E-state index < -0.39 is 33.9 Å². The van der Waals surface area contributed by atoms with Crippen molar-refractivity contribution in [3.63, 3.8) is 0 Å². The summed E-state index contributed by atoms with van der Waals surface area (Å²) in [7, 11) is -2.49. The summed E-state index contributed by atoms with van der Waals surface area (Å²) < 4.78 is 53.9. The quantitative estimate of drug-likeness (QED) is 0.338. The number of carbonyl (C=O) groups excluding carboxylic acids is 2. The Morgan fingerprint density at radius 2 is 1.75 bits per heavy atom. The van der Waals surface area contributed by atoms with Gasteiger partial charge in [0.1, 0.15) is 11.6 Å². The van der Waals surface area contributed by atoms with Crippen LogP contribution in [-0.2, 0) is 14.8 Å². The minimum atomic E-state index is -3.95. The second-order valence-electron chi connectivity index (χ2n) is 13.2. The lowest BCUT2D eigenvalue weighted by Gasteiger charge is -2.35. The van der Waals surface area contributed by atoms with Gasteiger partial charge in [-0.05, 0) is 88.4 Å². The zero-order valence-corrected chi connectivity index (χ0v) is 29.3. The third-order valence-corrected chi connectivity index (χ3v) is 11.0. The fourth-order valence-corrected chi connectivity index (χ4v) is 7.38. The number of nitrogens with one attached hydrogen (secondary N) is 2. The van der Waals surface area contributed by atoms with Crippen LogP contribution in [0, 0.1) is 11.7 Å². The molecule has 266 valence electrons. The normalized spacial score (nSPS) is 22.7. The molecule has 2 aromatic carbocycles. The molecule has 0 spiro atoms. The molecule has 0 radical (unpaired) electrons. The van der Waals surface area contributed by atoms with Crippen molar-refractivity contribution in [2.45, 2.75) is 101 Å². The number of likely N-dealkylation sites (N-methyl/N-ethyl adjacent to an activating group) is 1. The van der Waals surface area contributed by atoms with Crippen molar-refractivity contribution >= 4 is 27.6 Å². The lowest BCUT2D eigenvalue weighted by atomic mass is 9.96. The minimum Gasteiger partial charge on any atom is -0.490 e. The Hall–Kier alpha value is -3.26. The van der Waals surface area contributed by atoms with E-state index in [1.54, 1.807) is 30.0 Å². The van der Waals surface area contributed by atoms with Gasteiger partial charge in [-0.15, -0.1) is 0 Å². The van der Waals surface area contributed by atoms with Crippen LogP contribution in [0.1, 0.15) is 82.5 Å². The third-order valence-electron chi connectivity index (χ3n) is 9.21. The van der Waals surface area contributed by atoms with Gasteiger partial charge >= 0.3 is 6.03 Å². The summed E-state index contributed by atoms with van der Waals surface area (Å²) in [5.74, 6) is -0.912. The second kappa shape index (κ2) is 17.4. The van der Waals surface area contributed by atoms with Crippen molar-refractivity contribution in [2.24, 2.45) is 5.92 Å². The molecule has 1 aliphatic carbocycles. The number of aliphatic hydroxyl groups is 1. The molecule has 11 nitrogen and oxygen atoms in total. The van der Waals surface area contributed by atoms with Crippen molar-refractivity contribution in [1.82, 2.24) is 14.5 Å². The van der Waals surface area contributed by atoms with Gasteiger partial charge in [-0.1, -0.05) is 26.2 Å². The monoisotopic (exact) mass is 690 g/mol. The molecule has 13 heteroatoms. The number of ether oxygens (including phenoxy) is 2. The van der Waals surface area contributed by atoms with Crippen molar-refractivity contribution in [3.8, 4) is 5.75 Å². The number of halogens is 1. The van der Waals surface area contributed by atoms with Gasteiger partial charge in [0.25, 0.3) is 5.91 Å². The van der Waals surface area contributed by atoms with Gasteiger partial charge in [0, 0.05) is 44.4 Å². The Labute approximate surface area is 284 Å². The Morgan fingerprint density at radius 3 is 2.44 bits per heavy atom. The van der Waals surface area contributed by atoms with Crippen molar-refractivity contribution in [2.75, 3.05) is 38.7 Å². The Bertz CT molecular complexity index is 1470. The molecule has 3 N–H and O–H groups in total. The standard InChI is InChI=1S/C35H51FN4O7S/c1-24-21-40(25(2)23-41)34(42)31-20-29(38-35(43)37-28-11-6-5-7-12-28)15-18-32(31)47-26(3)10-8-9-19-46-33(24)22-39(4)48(44,45)30-16-13-27(36)14-17-30/h13-18,20,24-26,28,33,41H,5-12,19,21-23H2,1-4H3,(H2,37,38,43)/t24-,25+,26-,33-/m1/s1. The smallest absolute Gasteiger partial charge is 0.319 e. The molecule has 4 rings (SSSR count). The van der Waals surface area contributed by atoms with E-state index >= 15 is 0 Å². The SMILES string of the molecule is C[C@@H]1CCCCO[C@H](CN(C)S(=O)(=O)c2ccc(F)cc2)[C@H](C)CN([C@@H](C)CO)C(=O)c2cc(NC(=O)NC3CCCCC3)ccc2O1. The van der Waals surface area contributed by atoms with E-state index in [4.69, 9.17) is 9.47 Å². The summed E-state index contributed by atoms with van der Waals surface area (Å²) in [6, 6.07) is 8.87. The number of hydrogen-bond acceptors (Lipinski definition) is 7. The molecular weight excluding hydrogens is 639 g/mol. The van der Waals surface area contributed by atoms with Gasteiger partial charge < -0.3 is 30.1 Å². The number of aliphatic hydroxyl groups excluding tert-OH is 1. The minimum absolute atomic E-state index is 0.00329. The third kappa shape index (κ3) is 10.1. The zero-order valence-electron chi connectivity index (χ0n) is 28.5. The number of sulfonamides is 1. The Kier molecular flexibility index (Phi) is 13.6. The summed E-state index contributed by atoms with van der Waals surface area (Å²) in [5.41, 5.74) is 0.682. The maximum absolute atomic E-state index is 14.3. The fraction of sp³-hybridized carbons (Fsp3) is 0.600. The molecule has 1 aliphatic heterocycles. The van der Waals surface area contributed by atoms with Crippen LogP contribution in [0.5, 0.6) is 5.75 Å². The molecule has 0 aromatic heterocycles. The first kappa shape index (κ1) is 37.6. The van der Waals surface area contributed by atoms with Gasteiger partial charge in [-0.2, -0.15) is 4.31 Å². The fourth-order valence-electron chi connectivity index (χ4n) is 6.20. The molecular formula is C35H51FN4O7S. The molecule has 0 unspecified atom stereocenters. The highest BCUT2D eigenvalue weighted by molar-refractivity contribution is 7.89. The molecule has 1 fully saturated rings. The highest BCUT2D eigenvalue weighted by Crippen LogP contribution is 2.29. The number of anilines is 1. The van der Waals surface area contributed by atoms with Crippen LogP contribution in [0.2, 0.25) is 0 Å². The van der Waals surface area contributed by atoms with E-state index in [9.17, 15) is 27.5 Å². The number of amides is 3. The second-order valence-corrected chi connectivity index (χ2v) is 15.2. The first-order valence-corrected chi connectivity index (χ1v) is 18.5. The van der Waals surface area contributed by atoms with Crippen LogP contribution in [0.3, 0.4) is 0 Å². The van der Waals surface area contributed by atoms with Crippen molar-refractivity contribution < 1.29 is 37.0 Å². The lowest BCUT2D eigenvalue weighted by molar-refractivity contribution is -0.00834. The van der Waals surface area contributed by atoms with Gasteiger partial charge in [-0.3, -0.25) is 4.79 Å². The predicted octanol–water partition coefficient (Wildman–Crippen LogP) is 5.40. The summed E-state index contributed by atoms with van der Waals surface area (Å²) >= 11 is 0. The predicted molar refractivity (Wildman–Crippen MR) is 182 cm³/mol. The highest BCUT2D eigenvalue weighted by atomic mass is 32.2. The Morgan fingerprint density at radius 1 is 1.06 bits per heavy atom. The van der Waals surface area contributed by atoms with Gasteiger partial charge in [-0.25, -0.2) is 17.6 Å². The van der Waals surface area contributed by atoms with Crippen molar-refractivity contribution in [3.05, 3.63) is 53.8 Å². The first-order valence-electron chi connectivity index (χ1n) is 17.0. The van der Waals surface area contributed by atoms with Crippen LogP contribution < -0.4 is 15.4 Å². The first-order chi connectivity index (χ1) is 22.9. The van der Waals surface area contributed by atoms with E-state index in [-0.39, 0.29) is 54.3 Å². The number of carbonyl (C=O) groups is 2. The van der Waals surface area contributed by atoms with E-state index in [1.165, 1.54) is 29.9 Å². The molecule has 4 atom stereocenters. The van der Waals surface area contributed by atoms with Crippen LogP contribution >= 0.6 is 0 Å². The number of hydrogen-bond donors (Lipinski definition) is 3. The topological polar surface area (TPSA) is 138 Å². The van der Waals surface area contributed by atoms with E-state index in [0.29, 0.717) is 30.9 Å². The number of fused-ring (bicyclic) bond motifs is 1. The molecule has 1 saturated carbocycles. The van der Waals surface area contributed by atoms with Crippen molar-refractivity contribution in [1.29, 1.82) is 0 Å². The summed E-state index contributed by atoms with van der Waals surface area (Å²) in [4.78, 5) is 28.7. The van der Waals surface area contributed by atoms with Crippen LogP contribution in [-0.4, -0.2) is 92.3 Å². The molecule has 0 bridgehead atoms. The summed E-state index contributed by atoms with van der Waals surface area (Å²) in [6.07, 6.45) is 6.57. The van der Waals surface area contributed by atoms with Crippen LogP contribution in [0.4, 0.5) is 14.9 Å². The number of nitrogens with zero attached hydrogens (tertiary/aromatic N) is 2. The molecule has 1 heterocycles. The maximum Gasteiger partial charge on any atom is 0.319 e. The molecule has 3 amide bonds. The van der Waals surface area contributed by atoms with E-state index in [2.05, 4.69) is 10.6 Å². The average Bonchev–Trinajstić information content (AvgIpc) is 3.06. The van der Waals surface area contributed by atoms with Gasteiger partial charge in [0.2, 0.25) is 10.0 Å². The molecule has 48 heavy (non-hydrogen) atoms. The van der Waals surface area contributed by atoms with E-state index in [1.807, 2.05) is 13.8 Å². The maximum atomic E-state index is 14.3. The molecule has 2 aliphatic rings. The van der Waals surface area contributed by atoms with Crippen LogP contribution in [0.15, 0.2) is 47.4 Å². The number of urea groups is 1. The van der Waals surface area contributed by atoms with Crippen LogP contribution in [0.25, 0.3) is 0 Å². The molecule has 2 aromatic rings. The van der Waals surface area contributed by atoms with E-state index in [0.717, 1.165) is 44.2 Å². The molecule has 0 saturated heterocycles. The average molecular weight is 691 g/mol. The van der Waals surface area contributed by atoms with Gasteiger partial charge in [0.15, 0.2) is 0 Å².